The van der Waals surface area contributed by atoms with Crippen LogP contribution in [0.2, 0.25) is 0 Å². The lowest BCUT2D eigenvalue weighted by atomic mass is 10.1. The molecule has 0 aliphatic rings. The van der Waals surface area contributed by atoms with Crippen molar-refractivity contribution in [3.8, 4) is 0 Å². The monoisotopic (exact) mass is 304 g/mol. The van der Waals surface area contributed by atoms with Crippen LogP contribution < -0.4 is 0 Å². The van der Waals surface area contributed by atoms with Crippen molar-refractivity contribution in [3.63, 3.8) is 0 Å². The molecule has 2 aromatic heterocycles. The van der Waals surface area contributed by atoms with Crippen molar-refractivity contribution in [3.05, 3.63) is 94.6 Å². The van der Waals surface area contributed by atoms with E-state index in [1.807, 2.05) is 38.4 Å². The number of hydrogen-bond acceptors (Lipinski definition) is 2. The summed E-state index contributed by atoms with van der Waals surface area (Å²) in [6.07, 6.45) is 4.75. The molecule has 23 heavy (non-hydrogen) atoms. The highest BCUT2D eigenvalue weighted by Crippen LogP contribution is 2.08. The molecule has 0 aliphatic heterocycles. The van der Waals surface area contributed by atoms with Gasteiger partial charge in [0.2, 0.25) is 0 Å². The smallest absolute Gasteiger partial charge is 0.0372 e. The molecule has 0 aliphatic carbocycles. The zero-order valence-corrected chi connectivity index (χ0v) is 14.4. The summed E-state index contributed by atoms with van der Waals surface area (Å²) in [5.41, 5.74) is 7.23. The van der Waals surface area contributed by atoms with Crippen LogP contribution in [0.25, 0.3) is 0 Å². The maximum absolute atomic E-state index is 4.27. The minimum Gasteiger partial charge on any atom is -0.261 e. The molecule has 0 radical (unpaired) electrons. The highest BCUT2D eigenvalue weighted by Gasteiger charge is 1.97. The van der Waals surface area contributed by atoms with Crippen LogP contribution in [0.5, 0.6) is 0 Å². The van der Waals surface area contributed by atoms with Crippen molar-refractivity contribution in [2.45, 2.75) is 34.1 Å². The Balaban J connectivity index is 0.000000203. The van der Waals surface area contributed by atoms with E-state index in [4.69, 9.17) is 0 Å². The van der Waals surface area contributed by atoms with E-state index in [1.54, 1.807) is 0 Å². The summed E-state index contributed by atoms with van der Waals surface area (Å²) in [6, 6.07) is 16.8. The topological polar surface area (TPSA) is 25.8 Å². The molecule has 2 heterocycles. The molecule has 0 unspecified atom stereocenters. The average Bonchev–Trinajstić information content (AvgIpc) is 2.55. The molecule has 3 rings (SSSR count). The van der Waals surface area contributed by atoms with Crippen LogP contribution >= 0.6 is 0 Å². The zero-order valence-electron chi connectivity index (χ0n) is 14.4. The van der Waals surface area contributed by atoms with Gasteiger partial charge in [-0.3, -0.25) is 9.97 Å². The Morgan fingerprint density at radius 1 is 0.565 bits per heavy atom. The van der Waals surface area contributed by atoms with Gasteiger partial charge in [-0.1, -0.05) is 47.5 Å². The Bertz CT molecular complexity index is 647. The first kappa shape index (κ1) is 16.9. The fourth-order valence-corrected chi connectivity index (χ4v) is 2.08. The zero-order chi connectivity index (χ0) is 16.7. The number of rotatable bonds is 2. The van der Waals surface area contributed by atoms with Gasteiger partial charge in [0.1, 0.15) is 0 Å². The van der Waals surface area contributed by atoms with E-state index >= 15 is 0 Å². The van der Waals surface area contributed by atoms with E-state index in [9.17, 15) is 0 Å². The van der Waals surface area contributed by atoms with Crippen LogP contribution in [0.4, 0.5) is 0 Å². The first-order chi connectivity index (χ1) is 11.0. The third-order valence-corrected chi connectivity index (χ3v) is 3.57. The molecular formula is C21H24N2. The lowest BCUT2D eigenvalue weighted by molar-refractivity contribution is 1.08. The second-order valence-electron chi connectivity index (χ2n) is 5.95. The Morgan fingerprint density at radius 3 is 1.26 bits per heavy atom. The average molecular weight is 304 g/mol. The van der Waals surface area contributed by atoms with Gasteiger partial charge in [-0.25, -0.2) is 0 Å². The second-order valence-corrected chi connectivity index (χ2v) is 5.95. The van der Waals surface area contributed by atoms with Crippen molar-refractivity contribution in [1.29, 1.82) is 0 Å². The normalized spacial score (nSPS) is 9.91. The maximum Gasteiger partial charge on any atom is 0.0372 e. The summed E-state index contributed by atoms with van der Waals surface area (Å²) < 4.78 is 0. The van der Waals surface area contributed by atoms with E-state index in [2.05, 4.69) is 60.2 Å². The standard InChI is InChI=1S/C13H14N2.C8H10/c1-10-3-5-12(8-14-10)7-13-6-4-11(2)15-9-13;1-7-3-5-8(2)6-4-7/h3-6,8-9H,7H2,1-2H3;3-6H,1-2H3. The number of nitrogens with zero attached hydrogens (tertiary/aromatic N) is 2. The van der Waals surface area contributed by atoms with Gasteiger partial charge in [0.15, 0.2) is 0 Å². The van der Waals surface area contributed by atoms with Gasteiger partial charge in [0.05, 0.1) is 0 Å². The molecule has 118 valence electrons. The van der Waals surface area contributed by atoms with Crippen LogP contribution in [0.1, 0.15) is 33.6 Å². The predicted molar refractivity (Wildman–Crippen MR) is 96.7 cm³/mol. The quantitative estimate of drug-likeness (QED) is 0.666. The van der Waals surface area contributed by atoms with E-state index in [-0.39, 0.29) is 0 Å². The molecule has 0 spiro atoms. The molecule has 0 saturated carbocycles. The number of pyridine rings is 2. The van der Waals surface area contributed by atoms with Crippen molar-refractivity contribution in [2.75, 3.05) is 0 Å². The van der Waals surface area contributed by atoms with Crippen molar-refractivity contribution in [2.24, 2.45) is 0 Å². The minimum absolute atomic E-state index is 0.903. The number of benzene rings is 1. The van der Waals surface area contributed by atoms with Crippen LogP contribution in [0, 0.1) is 27.7 Å². The maximum atomic E-state index is 4.27. The van der Waals surface area contributed by atoms with Crippen molar-refractivity contribution >= 4 is 0 Å². The number of aromatic nitrogens is 2. The Hall–Kier alpha value is -2.48. The fraction of sp³-hybridized carbons (Fsp3) is 0.238. The van der Waals surface area contributed by atoms with Crippen molar-refractivity contribution in [1.82, 2.24) is 9.97 Å². The molecular weight excluding hydrogens is 280 g/mol. The highest BCUT2D eigenvalue weighted by atomic mass is 14.7. The minimum atomic E-state index is 0.903. The van der Waals surface area contributed by atoms with Crippen LogP contribution in [0.15, 0.2) is 60.9 Å². The molecule has 0 bridgehead atoms. The first-order valence-corrected chi connectivity index (χ1v) is 7.89. The molecule has 0 N–H and O–H groups in total. The van der Waals surface area contributed by atoms with E-state index in [1.165, 1.54) is 22.3 Å². The third-order valence-electron chi connectivity index (χ3n) is 3.57. The van der Waals surface area contributed by atoms with Crippen LogP contribution in [-0.4, -0.2) is 9.97 Å². The van der Waals surface area contributed by atoms with E-state index in [0.29, 0.717) is 0 Å². The molecule has 2 nitrogen and oxygen atoms in total. The summed E-state index contributed by atoms with van der Waals surface area (Å²) in [5.74, 6) is 0. The molecule has 0 fully saturated rings. The lowest BCUT2D eigenvalue weighted by Gasteiger charge is -2.01. The SMILES string of the molecule is Cc1ccc(C)cc1.Cc1ccc(Cc2ccc(C)nc2)cn1. The number of aryl methyl sites for hydroxylation is 4. The summed E-state index contributed by atoms with van der Waals surface area (Å²) in [4.78, 5) is 8.54. The first-order valence-electron chi connectivity index (χ1n) is 7.89. The fourth-order valence-electron chi connectivity index (χ4n) is 2.08. The summed E-state index contributed by atoms with van der Waals surface area (Å²) in [7, 11) is 0. The van der Waals surface area contributed by atoms with Gasteiger partial charge in [0, 0.05) is 30.2 Å². The summed E-state index contributed by atoms with van der Waals surface area (Å²) in [6.45, 7) is 8.19. The number of hydrogen-bond donors (Lipinski definition) is 0. The van der Waals surface area contributed by atoms with E-state index < -0.39 is 0 Å². The molecule has 3 aromatic rings. The molecule has 2 heteroatoms. The van der Waals surface area contributed by atoms with Gasteiger partial charge in [-0.15, -0.1) is 0 Å². The van der Waals surface area contributed by atoms with Gasteiger partial charge in [0.25, 0.3) is 0 Å². The van der Waals surface area contributed by atoms with Crippen LogP contribution in [-0.2, 0) is 6.42 Å². The Labute approximate surface area is 139 Å². The molecule has 0 saturated heterocycles. The van der Waals surface area contributed by atoms with Gasteiger partial charge in [-0.2, -0.15) is 0 Å². The van der Waals surface area contributed by atoms with Gasteiger partial charge < -0.3 is 0 Å². The Morgan fingerprint density at radius 2 is 0.957 bits per heavy atom. The largest absolute Gasteiger partial charge is 0.261 e. The summed E-state index contributed by atoms with van der Waals surface area (Å²) in [5, 5.41) is 0. The second kappa shape index (κ2) is 8.23. The Kier molecular flexibility index (Phi) is 6.04. The molecule has 1 aromatic carbocycles. The van der Waals surface area contributed by atoms with Gasteiger partial charge >= 0.3 is 0 Å². The third kappa shape index (κ3) is 6.03. The molecule has 0 atom stereocenters. The van der Waals surface area contributed by atoms with Crippen LogP contribution in [0.3, 0.4) is 0 Å². The van der Waals surface area contributed by atoms with Crippen molar-refractivity contribution < 1.29 is 0 Å². The predicted octanol–water partition coefficient (Wildman–Crippen LogP) is 4.99. The lowest BCUT2D eigenvalue weighted by Crippen LogP contribution is -1.91. The van der Waals surface area contributed by atoms with Gasteiger partial charge in [-0.05, 0) is 51.0 Å². The van der Waals surface area contributed by atoms with E-state index in [0.717, 1.165) is 17.8 Å². The molecule has 0 amide bonds. The summed E-state index contributed by atoms with van der Waals surface area (Å²) >= 11 is 0. The highest BCUT2D eigenvalue weighted by molar-refractivity contribution is 5.23.